The van der Waals surface area contributed by atoms with Gasteiger partial charge >= 0.3 is 5.97 Å². The van der Waals surface area contributed by atoms with E-state index in [4.69, 9.17) is 16.3 Å². The number of carbonyl (C=O) groups is 2. The molecule has 160 valence electrons. The van der Waals surface area contributed by atoms with E-state index in [9.17, 15) is 14.4 Å². The number of halogens is 1. The zero-order valence-corrected chi connectivity index (χ0v) is 18.0. The number of ether oxygens (including phenoxy) is 1. The van der Waals surface area contributed by atoms with Crippen LogP contribution in [0.4, 0.5) is 5.69 Å². The Morgan fingerprint density at radius 1 is 1.00 bits per heavy atom. The van der Waals surface area contributed by atoms with Crippen molar-refractivity contribution in [2.75, 3.05) is 12.4 Å². The molecule has 0 bridgehead atoms. The first-order valence-electron chi connectivity index (χ1n) is 9.67. The SMILES string of the molecule is COC(=O)c1ccc(Cl)c(NC(=O)c2ccc(-n3c(C)nc4ccccc4c3=O)cc2)c1. The molecule has 8 heteroatoms. The average molecular weight is 448 g/mol. The summed E-state index contributed by atoms with van der Waals surface area (Å²) in [6, 6.07) is 18.2. The number of fused-ring (bicyclic) bond motifs is 1. The van der Waals surface area contributed by atoms with Gasteiger partial charge in [-0.2, -0.15) is 0 Å². The molecule has 4 rings (SSSR count). The van der Waals surface area contributed by atoms with E-state index < -0.39 is 11.9 Å². The van der Waals surface area contributed by atoms with E-state index in [0.29, 0.717) is 28.0 Å². The number of hydrogen-bond donors (Lipinski definition) is 1. The van der Waals surface area contributed by atoms with E-state index in [1.165, 1.54) is 29.9 Å². The normalized spacial score (nSPS) is 10.7. The lowest BCUT2D eigenvalue weighted by Crippen LogP contribution is -2.22. The summed E-state index contributed by atoms with van der Waals surface area (Å²) in [5, 5.41) is 3.49. The summed E-state index contributed by atoms with van der Waals surface area (Å²) in [6.07, 6.45) is 0. The van der Waals surface area contributed by atoms with Crippen LogP contribution in [0.5, 0.6) is 0 Å². The number of carbonyl (C=O) groups excluding carboxylic acids is 2. The molecule has 0 radical (unpaired) electrons. The first-order valence-corrected chi connectivity index (χ1v) is 10.0. The molecule has 0 atom stereocenters. The Kier molecular flexibility index (Phi) is 5.75. The number of aromatic nitrogens is 2. The van der Waals surface area contributed by atoms with E-state index in [-0.39, 0.29) is 21.8 Å². The molecule has 0 saturated carbocycles. The molecule has 0 aliphatic carbocycles. The van der Waals surface area contributed by atoms with Crippen molar-refractivity contribution in [2.45, 2.75) is 6.92 Å². The van der Waals surface area contributed by atoms with Crippen molar-refractivity contribution >= 4 is 40.1 Å². The minimum absolute atomic E-state index is 0.184. The van der Waals surface area contributed by atoms with Gasteiger partial charge in [0.25, 0.3) is 11.5 Å². The van der Waals surface area contributed by atoms with Crippen molar-refractivity contribution in [3.8, 4) is 5.69 Å². The van der Waals surface area contributed by atoms with Crippen molar-refractivity contribution in [3.05, 3.63) is 99.1 Å². The summed E-state index contributed by atoms with van der Waals surface area (Å²) in [7, 11) is 1.27. The molecule has 4 aromatic rings. The Balaban J connectivity index is 1.63. The van der Waals surface area contributed by atoms with Gasteiger partial charge in [0.2, 0.25) is 0 Å². The third kappa shape index (κ3) is 3.98. The Labute approximate surface area is 188 Å². The lowest BCUT2D eigenvalue weighted by molar-refractivity contribution is 0.0600. The summed E-state index contributed by atoms with van der Waals surface area (Å²) < 4.78 is 6.20. The maximum atomic E-state index is 13.0. The molecular weight excluding hydrogens is 430 g/mol. The van der Waals surface area contributed by atoms with Crippen LogP contribution >= 0.6 is 11.6 Å². The topological polar surface area (TPSA) is 90.3 Å². The van der Waals surface area contributed by atoms with Gasteiger partial charge in [0.05, 0.1) is 40.0 Å². The van der Waals surface area contributed by atoms with E-state index in [1.54, 1.807) is 49.4 Å². The Morgan fingerprint density at radius 2 is 1.69 bits per heavy atom. The number of aryl methyl sites for hydroxylation is 1. The molecule has 0 spiro atoms. The van der Waals surface area contributed by atoms with Crippen LogP contribution in [-0.2, 0) is 4.74 Å². The molecule has 1 heterocycles. The van der Waals surface area contributed by atoms with Crippen LogP contribution in [0.15, 0.2) is 71.5 Å². The van der Waals surface area contributed by atoms with Crippen molar-refractivity contribution in [1.29, 1.82) is 0 Å². The minimum Gasteiger partial charge on any atom is -0.465 e. The molecule has 7 nitrogen and oxygen atoms in total. The molecule has 0 unspecified atom stereocenters. The Hall–Kier alpha value is -3.97. The van der Waals surface area contributed by atoms with E-state index >= 15 is 0 Å². The predicted octanol–water partition coefficient (Wildman–Crippen LogP) is 4.39. The monoisotopic (exact) mass is 447 g/mol. The van der Waals surface area contributed by atoms with Gasteiger partial charge < -0.3 is 10.1 Å². The van der Waals surface area contributed by atoms with Crippen LogP contribution in [0.1, 0.15) is 26.5 Å². The van der Waals surface area contributed by atoms with Crippen LogP contribution in [0.3, 0.4) is 0 Å². The number of benzene rings is 3. The van der Waals surface area contributed by atoms with Gasteiger partial charge in [-0.05, 0) is 61.5 Å². The highest BCUT2D eigenvalue weighted by molar-refractivity contribution is 6.34. The van der Waals surface area contributed by atoms with Crippen LogP contribution in [0, 0.1) is 6.92 Å². The van der Waals surface area contributed by atoms with Gasteiger partial charge in [-0.25, -0.2) is 9.78 Å². The number of nitrogens with one attached hydrogen (secondary N) is 1. The highest BCUT2D eigenvalue weighted by Gasteiger charge is 2.14. The van der Waals surface area contributed by atoms with Gasteiger partial charge in [-0.3, -0.25) is 14.2 Å². The summed E-state index contributed by atoms with van der Waals surface area (Å²) >= 11 is 6.15. The van der Waals surface area contributed by atoms with Gasteiger partial charge in [0.1, 0.15) is 5.82 Å². The van der Waals surface area contributed by atoms with E-state index in [1.807, 2.05) is 6.07 Å². The third-order valence-corrected chi connectivity index (χ3v) is 5.30. The van der Waals surface area contributed by atoms with Crippen LogP contribution in [0.25, 0.3) is 16.6 Å². The lowest BCUT2D eigenvalue weighted by atomic mass is 10.1. The van der Waals surface area contributed by atoms with Crippen LogP contribution < -0.4 is 10.9 Å². The molecule has 0 saturated heterocycles. The van der Waals surface area contributed by atoms with Crippen molar-refractivity contribution < 1.29 is 14.3 Å². The number of anilines is 1. The van der Waals surface area contributed by atoms with Gasteiger partial charge in [0.15, 0.2) is 0 Å². The van der Waals surface area contributed by atoms with E-state index in [2.05, 4.69) is 10.3 Å². The number of rotatable bonds is 4. The quantitative estimate of drug-likeness (QED) is 0.469. The molecule has 0 aliphatic rings. The summed E-state index contributed by atoms with van der Waals surface area (Å²) in [6.45, 7) is 1.75. The second-order valence-electron chi connectivity index (χ2n) is 7.00. The number of amides is 1. The summed E-state index contributed by atoms with van der Waals surface area (Å²) in [5.41, 5.74) is 1.95. The predicted molar refractivity (Wildman–Crippen MR) is 123 cm³/mol. The molecule has 0 fully saturated rings. The van der Waals surface area contributed by atoms with Crippen molar-refractivity contribution in [2.24, 2.45) is 0 Å². The summed E-state index contributed by atoms with van der Waals surface area (Å²) in [4.78, 5) is 41.9. The van der Waals surface area contributed by atoms with Gasteiger partial charge in [-0.15, -0.1) is 0 Å². The first-order chi connectivity index (χ1) is 15.4. The van der Waals surface area contributed by atoms with Gasteiger partial charge in [-0.1, -0.05) is 23.7 Å². The van der Waals surface area contributed by atoms with Crippen molar-refractivity contribution in [3.63, 3.8) is 0 Å². The highest BCUT2D eigenvalue weighted by Crippen LogP contribution is 2.24. The second kappa shape index (κ2) is 8.64. The largest absolute Gasteiger partial charge is 0.465 e. The maximum absolute atomic E-state index is 13.0. The maximum Gasteiger partial charge on any atom is 0.337 e. The molecular formula is C24H18ClN3O4. The van der Waals surface area contributed by atoms with Crippen molar-refractivity contribution in [1.82, 2.24) is 9.55 Å². The van der Waals surface area contributed by atoms with Gasteiger partial charge in [0, 0.05) is 5.56 Å². The minimum atomic E-state index is -0.536. The smallest absolute Gasteiger partial charge is 0.337 e. The molecule has 0 aliphatic heterocycles. The van der Waals surface area contributed by atoms with E-state index in [0.717, 1.165) is 0 Å². The molecule has 1 N–H and O–H groups in total. The Morgan fingerprint density at radius 3 is 2.41 bits per heavy atom. The second-order valence-corrected chi connectivity index (χ2v) is 7.41. The standard InChI is InChI=1S/C24H18ClN3O4/c1-14-26-20-6-4-3-5-18(20)23(30)28(14)17-10-7-15(8-11-17)22(29)27-21-13-16(24(31)32-2)9-12-19(21)25/h3-13H,1-2H3,(H,27,29). The summed E-state index contributed by atoms with van der Waals surface area (Å²) in [5.74, 6) is -0.412. The first kappa shape index (κ1) is 21.3. The third-order valence-electron chi connectivity index (χ3n) is 4.97. The number of para-hydroxylation sites is 1. The molecule has 3 aromatic carbocycles. The number of esters is 1. The molecule has 1 aromatic heterocycles. The molecule has 1 amide bonds. The van der Waals surface area contributed by atoms with Crippen LogP contribution in [0.2, 0.25) is 5.02 Å². The fourth-order valence-corrected chi connectivity index (χ4v) is 3.53. The zero-order chi connectivity index (χ0) is 22.8. The highest BCUT2D eigenvalue weighted by atomic mass is 35.5. The fourth-order valence-electron chi connectivity index (χ4n) is 3.37. The number of nitrogens with zero attached hydrogens (tertiary/aromatic N) is 2. The lowest BCUT2D eigenvalue weighted by Gasteiger charge is -2.12. The van der Waals surface area contributed by atoms with Crippen LogP contribution in [-0.4, -0.2) is 28.5 Å². The molecule has 32 heavy (non-hydrogen) atoms. The number of methoxy groups -OCH3 is 1. The average Bonchev–Trinajstić information content (AvgIpc) is 2.80. The fraction of sp³-hybridized carbons (Fsp3) is 0.0833. The Bertz CT molecular complexity index is 1410. The number of hydrogen-bond acceptors (Lipinski definition) is 5. The zero-order valence-electron chi connectivity index (χ0n) is 17.3.